The summed E-state index contributed by atoms with van der Waals surface area (Å²) >= 11 is 5.37. The summed E-state index contributed by atoms with van der Waals surface area (Å²) in [5.41, 5.74) is 0. The number of nitrogens with one attached hydrogen (secondary N) is 1. The standard InChI is InChI=1S/C12H18BrNO2S/c1-2-14-9(8-12-15-4-5-16-12)7-11-10(13)3-6-17-11/h3,6,9,12,14H,2,4-5,7-8H2,1H3. The van der Waals surface area contributed by atoms with E-state index >= 15 is 0 Å². The summed E-state index contributed by atoms with van der Waals surface area (Å²) in [6.45, 7) is 4.56. The van der Waals surface area contributed by atoms with Gasteiger partial charge in [-0.15, -0.1) is 11.3 Å². The number of hydrogen-bond acceptors (Lipinski definition) is 4. The van der Waals surface area contributed by atoms with Gasteiger partial charge in [0, 0.05) is 21.8 Å². The second kappa shape index (κ2) is 6.85. The predicted octanol–water partition coefficient (Wildman–Crippen LogP) is 2.79. The highest BCUT2D eigenvalue weighted by molar-refractivity contribution is 9.10. The van der Waals surface area contributed by atoms with Gasteiger partial charge in [-0.2, -0.15) is 0 Å². The summed E-state index contributed by atoms with van der Waals surface area (Å²) in [7, 11) is 0. The fourth-order valence-electron chi connectivity index (χ4n) is 2.00. The molecule has 1 atom stereocenters. The molecule has 5 heteroatoms. The van der Waals surface area contributed by atoms with Crippen molar-refractivity contribution >= 4 is 27.3 Å². The van der Waals surface area contributed by atoms with E-state index in [1.165, 1.54) is 9.35 Å². The van der Waals surface area contributed by atoms with Gasteiger partial charge in [0.05, 0.1) is 13.2 Å². The second-order valence-corrected chi connectivity index (χ2v) is 5.91. The van der Waals surface area contributed by atoms with Crippen molar-refractivity contribution in [2.75, 3.05) is 19.8 Å². The van der Waals surface area contributed by atoms with Gasteiger partial charge in [0.2, 0.25) is 0 Å². The van der Waals surface area contributed by atoms with Crippen LogP contribution in [-0.4, -0.2) is 32.1 Å². The van der Waals surface area contributed by atoms with Crippen LogP contribution in [0.15, 0.2) is 15.9 Å². The molecule has 0 saturated carbocycles. The number of hydrogen-bond donors (Lipinski definition) is 1. The highest BCUT2D eigenvalue weighted by Crippen LogP contribution is 2.25. The Labute approximate surface area is 115 Å². The van der Waals surface area contributed by atoms with Crippen LogP contribution >= 0.6 is 27.3 Å². The van der Waals surface area contributed by atoms with E-state index in [1.54, 1.807) is 11.3 Å². The third kappa shape index (κ3) is 4.03. The van der Waals surface area contributed by atoms with E-state index in [-0.39, 0.29) is 6.29 Å². The molecule has 0 radical (unpaired) electrons. The summed E-state index contributed by atoms with van der Waals surface area (Å²) in [6, 6.07) is 2.52. The fraction of sp³-hybridized carbons (Fsp3) is 0.667. The smallest absolute Gasteiger partial charge is 0.159 e. The molecule has 96 valence electrons. The van der Waals surface area contributed by atoms with E-state index in [0.717, 1.165) is 32.6 Å². The van der Waals surface area contributed by atoms with E-state index in [2.05, 4.69) is 39.6 Å². The van der Waals surface area contributed by atoms with Crippen molar-refractivity contribution in [2.45, 2.75) is 32.1 Å². The molecule has 1 unspecified atom stereocenters. The predicted molar refractivity (Wildman–Crippen MR) is 73.5 cm³/mol. The molecule has 1 N–H and O–H groups in total. The molecule has 0 bridgehead atoms. The Kier molecular flexibility index (Phi) is 5.44. The zero-order valence-corrected chi connectivity index (χ0v) is 12.4. The zero-order valence-electron chi connectivity index (χ0n) is 9.95. The minimum atomic E-state index is -0.0298. The minimum Gasteiger partial charge on any atom is -0.350 e. The number of ether oxygens (including phenoxy) is 2. The summed E-state index contributed by atoms with van der Waals surface area (Å²) in [5, 5.41) is 5.62. The average Bonchev–Trinajstić information content (AvgIpc) is 2.92. The lowest BCUT2D eigenvalue weighted by Crippen LogP contribution is -2.34. The minimum absolute atomic E-state index is 0.0298. The zero-order chi connectivity index (χ0) is 12.1. The van der Waals surface area contributed by atoms with E-state index in [4.69, 9.17) is 9.47 Å². The SMILES string of the molecule is CCNC(Cc1sccc1Br)CC1OCCO1. The van der Waals surface area contributed by atoms with Crippen LogP contribution in [0, 0.1) is 0 Å². The summed E-state index contributed by atoms with van der Waals surface area (Å²) < 4.78 is 12.2. The lowest BCUT2D eigenvalue weighted by Gasteiger charge is -2.20. The van der Waals surface area contributed by atoms with Gasteiger partial charge in [0.15, 0.2) is 6.29 Å². The van der Waals surface area contributed by atoms with Crippen molar-refractivity contribution in [3.8, 4) is 0 Å². The first-order valence-electron chi connectivity index (χ1n) is 5.98. The Morgan fingerprint density at radius 1 is 1.53 bits per heavy atom. The van der Waals surface area contributed by atoms with Crippen molar-refractivity contribution in [1.82, 2.24) is 5.32 Å². The van der Waals surface area contributed by atoms with Crippen LogP contribution in [0.25, 0.3) is 0 Å². The Morgan fingerprint density at radius 2 is 2.29 bits per heavy atom. The quantitative estimate of drug-likeness (QED) is 0.874. The topological polar surface area (TPSA) is 30.5 Å². The van der Waals surface area contributed by atoms with Crippen molar-refractivity contribution in [2.24, 2.45) is 0 Å². The first-order chi connectivity index (χ1) is 8.29. The van der Waals surface area contributed by atoms with Crippen LogP contribution in [0.2, 0.25) is 0 Å². The Balaban J connectivity index is 1.89. The van der Waals surface area contributed by atoms with E-state index in [0.29, 0.717) is 6.04 Å². The summed E-state index contributed by atoms with van der Waals surface area (Å²) in [5.74, 6) is 0. The van der Waals surface area contributed by atoms with Crippen LogP contribution in [0.4, 0.5) is 0 Å². The maximum Gasteiger partial charge on any atom is 0.159 e. The van der Waals surface area contributed by atoms with Crippen LogP contribution in [0.1, 0.15) is 18.2 Å². The average molecular weight is 320 g/mol. The lowest BCUT2D eigenvalue weighted by molar-refractivity contribution is -0.0525. The van der Waals surface area contributed by atoms with Crippen LogP contribution in [0.5, 0.6) is 0 Å². The Morgan fingerprint density at radius 3 is 2.88 bits per heavy atom. The number of halogens is 1. The van der Waals surface area contributed by atoms with E-state index < -0.39 is 0 Å². The summed E-state index contributed by atoms with van der Waals surface area (Å²) in [4.78, 5) is 1.38. The third-order valence-corrected chi connectivity index (χ3v) is 4.73. The molecule has 0 aromatic carbocycles. The van der Waals surface area contributed by atoms with Gasteiger partial charge in [-0.05, 0) is 40.3 Å². The Hall–Kier alpha value is 0.0600. The van der Waals surface area contributed by atoms with Gasteiger partial charge in [-0.3, -0.25) is 0 Å². The van der Waals surface area contributed by atoms with Gasteiger partial charge in [0.1, 0.15) is 0 Å². The first-order valence-corrected chi connectivity index (χ1v) is 7.65. The molecule has 1 aromatic rings. The van der Waals surface area contributed by atoms with Crippen LogP contribution in [0.3, 0.4) is 0 Å². The highest BCUT2D eigenvalue weighted by Gasteiger charge is 2.21. The second-order valence-electron chi connectivity index (χ2n) is 4.06. The molecule has 1 saturated heterocycles. The molecule has 1 aromatic heterocycles. The monoisotopic (exact) mass is 319 g/mol. The highest BCUT2D eigenvalue weighted by atomic mass is 79.9. The third-order valence-electron chi connectivity index (χ3n) is 2.78. The van der Waals surface area contributed by atoms with E-state index in [1.807, 2.05) is 0 Å². The van der Waals surface area contributed by atoms with Gasteiger partial charge in [0.25, 0.3) is 0 Å². The molecule has 0 spiro atoms. The van der Waals surface area contributed by atoms with Crippen LogP contribution in [-0.2, 0) is 15.9 Å². The molecule has 0 amide bonds. The fourth-order valence-corrected chi connectivity index (χ4v) is 3.59. The molecule has 17 heavy (non-hydrogen) atoms. The van der Waals surface area contributed by atoms with Crippen molar-refractivity contribution in [3.05, 3.63) is 20.8 Å². The molecule has 1 fully saturated rings. The molecular weight excluding hydrogens is 302 g/mol. The van der Waals surface area contributed by atoms with Crippen molar-refractivity contribution < 1.29 is 9.47 Å². The Bertz CT molecular complexity index is 339. The van der Waals surface area contributed by atoms with Crippen molar-refractivity contribution in [3.63, 3.8) is 0 Å². The van der Waals surface area contributed by atoms with Gasteiger partial charge < -0.3 is 14.8 Å². The van der Waals surface area contributed by atoms with Crippen molar-refractivity contribution in [1.29, 1.82) is 0 Å². The number of rotatable bonds is 6. The van der Waals surface area contributed by atoms with Crippen LogP contribution < -0.4 is 5.32 Å². The maximum atomic E-state index is 5.51. The van der Waals surface area contributed by atoms with Gasteiger partial charge in [-0.1, -0.05) is 6.92 Å². The van der Waals surface area contributed by atoms with Gasteiger partial charge >= 0.3 is 0 Å². The van der Waals surface area contributed by atoms with Gasteiger partial charge in [-0.25, -0.2) is 0 Å². The molecular formula is C12H18BrNO2S. The molecule has 2 heterocycles. The molecule has 1 aliphatic rings. The lowest BCUT2D eigenvalue weighted by atomic mass is 10.1. The summed E-state index contributed by atoms with van der Waals surface area (Å²) in [6.07, 6.45) is 1.91. The molecule has 1 aliphatic heterocycles. The molecule has 3 nitrogen and oxygen atoms in total. The molecule has 2 rings (SSSR count). The molecule has 0 aliphatic carbocycles. The number of thiophene rings is 1. The maximum absolute atomic E-state index is 5.51. The normalized spacial score (nSPS) is 18.7. The first kappa shape index (κ1) is 13.5. The number of likely N-dealkylation sites (N-methyl/N-ethyl adjacent to an activating group) is 1. The van der Waals surface area contributed by atoms with E-state index in [9.17, 15) is 0 Å². The largest absolute Gasteiger partial charge is 0.350 e.